The number of pyridine rings is 2. The lowest BCUT2D eigenvalue weighted by molar-refractivity contribution is -0.112. The molecule has 5 aromatic rings. The summed E-state index contributed by atoms with van der Waals surface area (Å²) in [4.78, 5) is 53.6. The molecule has 1 saturated heterocycles. The number of amides is 1. The van der Waals surface area contributed by atoms with Crippen LogP contribution in [0.1, 0.15) is 73.1 Å². The summed E-state index contributed by atoms with van der Waals surface area (Å²) in [5, 5.41) is 7.51. The number of H-pyrrole nitrogens is 2. The smallest absolute Gasteiger partial charge is 0.254 e. The van der Waals surface area contributed by atoms with Crippen molar-refractivity contribution in [2.75, 3.05) is 20.8 Å². The number of aromatic amines is 2. The predicted octanol–water partition coefficient (Wildman–Crippen LogP) is 8.96. The van der Waals surface area contributed by atoms with Crippen molar-refractivity contribution < 1.29 is 14.3 Å². The van der Waals surface area contributed by atoms with Gasteiger partial charge in [0.25, 0.3) is 5.91 Å². The van der Waals surface area contributed by atoms with Gasteiger partial charge in [0, 0.05) is 68.4 Å². The Balaban J connectivity index is 0.000000362. The van der Waals surface area contributed by atoms with Crippen LogP contribution in [0, 0.1) is 11.3 Å². The summed E-state index contributed by atoms with van der Waals surface area (Å²) in [6.07, 6.45) is 10.2. The standard InChI is InChI=1S/C27H27N3O2.C9H11NO.C9H9NO.C2H6O.C2H6/c28-26(29)22-10-8-19(9-11-22)17-24(18-31)25-7-4-16-30(25)27(32)23-14-12-21(13-15-23)20-5-2-1-3-6-20;2*1-3-7(2)8-4-5-9(11)10-6-8;1-3-2;1-2/h1-3,5-6,8-15,18,24-25H,4,7,16-17H2,(H3,28,29);3-6H,1-2H3,(H,10,11);3-6H,1-2H2,(H,10,11);1-2H3;1-2H3/b;7-3+;;;. The fourth-order valence-electron chi connectivity index (χ4n) is 6.01. The zero-order valence-corrected chi connectivity index (χ0v) is 35.2. The van der Waals surface area contributed by atoms with Crippen molar-refractivity contribution in [2.45, 2.75) is 53.0 Å². The first-order valence-electron chi connectivity index (χ1n) is 19.5. The van der Waals surface area contributed by atoms with Gasteiger partial charge in [-0.2, -0.15) is 0 Å². The average Bonchev–Trinajstić information content (AvgIpc) is 3.77. The van der Waals surface area contributed by atoms with Gasteiger partial charge in [0.2, 0.25) is 11.1 Å². The quantitative estimate of drug-likeness (QED) is 0.0477. The molecule has 5 N–H and O–H groups in total. The van der Waals surface area contributed by atoms with Crippen LogP contribution in [-0.2, 0) is 16.0 Å². The van der Waals surface area contributed by atoms with E-state index < -0.39 is 0 Å². The number of nitrogens with zero attached hydrogens (tertiary/aromatic N) is 1. The average molecular weight is 798 g/mol. The summed E-state index contributed by atoms with van der Waals surface area (Å²) in [5.74, 6) is -0.270. The molecule has 0 aliphatic carbocycles. The van der Waals surface area contributed by atoms with Crippen molar-refractivity contribution in [1.29, 1.82) is 5.41 Å². The number of carbonyl (C=O) groups excluding carboxylic acids is 2. The lowest BCUT2D eigenvalue weighted by atomic mass is 9.91. The molecule has 1 aliphatic heterocycles. The Bertz CT molecular complexity index is 2130. The van der Waals surface area contributed by atoms with Gasteiger partial charge in [-0.05, 0) is 96.3 Å². The van der Waals surface area contributed by atoms with Gasteiger partial charge in [-0.1, -0.05) is 106 Å². The number of rotatable bonds is 10. The van der Waals surface area contributed by atoms with E-state index in [4.69, 9.17) is 11.1 Å². The largest absolute Gasteiger partial charge is 0.388 e. The van der Waals surface area contributed by atoms with Gasteiger partial charge < -0.3 is 30.1 Å². The molecule has 0 saturated carbocycles. The van der Waals surface area contributed by atoms with E-state index in [2.05, 4.69) is 27.9 Å². The Hall–Kier alpha value is -6.65. The van der Waals surface area contributed by atoms with Crippen LogP contribution in [0.15, 0.2) is 150 Å². The van der Waals surface area contributed by atoms with Crippen molar-refractivity contribution in [3.8, 4) is 11.1 Å². The highest BCUT2D eigenvalue weighted by atomic mass is 16.4. The molecular weight excluding hydrogens is 739 g/mol. The number of allylic oxidation sites excluding steroid dienone is 4. The number of carbonyl (C=O) groups is 2. The topological polar surface area (TPSA) is 162 Å². The maximum Gasteiger partial charge on any atom is 0.254 e. The van der Waals surface area contributed by atoms with Crippen LogP contribution in [0.25, 0.3) is 22.3 Å². The molecule has 2 unspecified atom stereocenters. The van der Waals surface area contributed by atoms with Gasteiger partial charge >= 0.3 is 0 Å². The highest BCUT2D eigenvalue weighted by Gasteiger charge is 2.35. The van der Waals surface area contributed by atoms with Gasteiger partial charge in [0.05, 0.1) is 0 Å². The Morgan fingerprint density at radius 1 is 0.847 bits per heavy atom. The van der Waals surface area contributed by atoms with Gasteiger partial charge in [0.15, 0.2) is 0 Å². The first-order valence-corrected chi connectivity index (χ1v) is 19.5. The minimum Gasteiger partial charge on any atom is -0.388 e. The molecule has 2 atom stereocenters. The van der Waals surface area contributed by atoms with E-state index >= 15 is 0 Å². The number of nitrogen functional groups attached to an aromatic ring is 1. The molecule has 0 spiro atoms. The van der Waals surface area contributed by atoms with Crippen molar-refractivity contribution >= 4 is 29.2 Å². The lowest BCUT2D eigenvalue weighted by Gasteiger charge is -2.29. The molecule has 2 aromatic heterocycles. The highest BCUT2D eigenvalue weighted by Crippen LogP contribution is 2.28. The zero-order valence-electron chi connectivity index (χ0n) is 35.2. The Morgan fingerprint density at radius 2 is 1.36 bits per heavy atom. The molecular formula is C49H59N5O5. The third-order valence-electron chi connectivity index (χ3n) is 9.28. The molecule has 1 amide bonds. The normalized spacial score (nSPS) is 13.2. The predicted molar refractivity (Wildman–Crippen MR) is 244 cm³/mol. The number of nitrogens with one attached hydrogen (secondary N) is 3. The number of amidine groups is 1. The maximum absolute atomic E-state index is 13.3. The summed E-state index contributed by atoms with van der Waals surface area (Å²) in [7, 11) is 3.25. The Morgan fingerprint density at radius 3 is 1.83 bits per heavy atom. The van der Waals surface area contributed by atoms with Crippen LogP contribution in [0.4, 0.5) is 0 Å². The van der Waals surface area contributed by atoms with Crippen LogP contribution in [0.2, 0.25) is 0 Å². The second-order valence-corrected chi connectivity index (χ2v) is 13.3. The van der Waals surface area contributed by atoms with E-state index in [1.165, 1.54) is 17.7 Å². The van der Waals surface area contributed by atoms with Crippen molar-refractivity contribution in [2.24, 2.45) is 11.7 Å². The van der Waals surface area contributed by atoms with E-state index in [0.29, 0.717) is 24.1 Å². The Kier molecular flexibility index (Phi) is 21.6. The lowest BCUT2D eigenvalue weighted by Crippen LogP contribution is -2.41. The molecule has 1 aliphatic rings. The number of methoxy groups -OCH3 is 1. The number of ether oxygens (including phenoxy) is 1. The summed E-state index contributed by atoms with van der Waals surface area (Å²) in [5.41, 5.74) is 13.8. The first-order chi connectivity index (χ1) is 28.4. The van der Waals surface area contributed by atoms with Gasteiger partial charge in [0.1, 0.15) is 12.1 Å². The molecule has 0 radical (unpaired) electrons. The number of benzene rings is 3. The van der Waals surface area contributed by atoms with E-state index in [9.17, 15) is 19.2 Å². The van der Waals surface area contributed by atoms with Crippen LogP contribution in [0.5, 0.6) is 0 Å². The van der Waals surface area contributed by atoms with Crippen molar-refractivity contribution in [3.05, 3.63) is 189 Å². The third kappa shape index (κ3) is 15.7. The number of nitrogens with two attached hydrogens (primary N) is 1. The number of aromatic nitrogens is 2. The summed E-state index contributed by atoms with van der Waals surface area (Å²) < 4.78 is 4.25. The fraction of sp³-hybridized carbons (Fsp3) is 0.245. The second kappa shape index (κ2) is 26.3. The fourth-order valence-corrected chi connectivity index (χ4v) is 6.01. The maximum atomic E-state index is 13.3. The van der Waals surface area contributed by atoms with E-state index in [0.717, 1.165) is 52.5 Å². The molecule has 0 bridgehead atoms. The third-order valence-corrected chi connectivity index (χ3v) is 9.28. The van der Waals surface area contributed by atoms with Gasteiger partial charge in [-0.15, -0.1) is 0 Å². The number of hydrogen-bond donors (Lipinski definition) is 4. The summed E-state index contributed by atoms with van der Waals surface area (Å²) >= 11 is 0. The van der Waals surface area contributed by atoms with E-state index in [-0.39, 0.29) is 34.8 Å². The molecule has 10 nitrogen and oxygen atoms in total. The van der Waals surface area contributed by atoms with E-state index in [1.807, 2.05) is 111 Å². The number of hydrogen-bond acceptors (Lipinski definition) is 6. The van der Waals surface area contributed by atoms with E-state index in [1.54, 1.807) is 50.9 Å². The minimum absolute atomic E-state index is 0.0223. The van der Waals surface area contributed by atoms with Crippen molar-refractivity contribution in [3.63, 3.8) is 0 Å². The number of likely N-dealkylation sites (tertiary alicyclic amines) is 1. The molecule has 3 aromatic carbocycles. The molecule has 10 heteroatoms. The van der Waals surface area contributed by atoms with Crippen LogP contribution in [-0.4, -0.2) is 59.7 Å². The zero-order chi connectivity index (χ0) is 43.7. The first kappa shape index (κ1) is 48.5. The molecule has 59 heavy (non-hydrogen) atoms. The Labute approximate surface area is 348 Å². The van der Waals surface area contributed by atoms with Crippen LogP contribution >= 0.6 is 0 Å². The molecule has 1 fully saturated rings. The van der Waals surface area contributed by atoms with Gasteiger partial charge in [-0.3, -0.25) is 19.8 Å². The summed E-state index contributed by atoms with van der Waals surface area (Å²) in [6.45, 7) is 15.9. The summed E-state index contributed by atoms with van der Waals surface area (Å²) in [6, 6.07) is 31.6. The minimum atomic E-state index is -0.270. The SMILES string of the molecule is C/C=C(\C)c1ccc(=O)[nH]c1.C=CC(=C)c1ccc(=O)[nH]c1.CC.COC.N=C(N)c1ccc(CC(C=O)C2CCCN2C(=O)c2ccc(-c3ccccc3)cc2)cc1. The number of aldehydes is 1. The highest BCUT2D eigenvalue weighted by molar-refractivity contribution is 5.95. The second-order valence-electron chi connectivity index (χ2n) is 13.3. The van der Waals surface area contributed by atoms with Crippen LogP contribution in [0.3, 0.4) is 0 Å². The van der Waals surface area contributed by atoms with Gasteiger partial charge in [-0.25, -0.2) is 0 Å². The monoisotopic (exact) mass is 797 g/mol. The van der Waals surface area contributed by atoms with Crippen LogP contribution < -0.4 is 16.9 Å². The molecule has 3 heterocycles. The van der Waals surface area contributed by atoms with Crippen molar-refractivity contribution in [1.82, 2.24) is 14.9 Å². The molecule has 6 rings (SSSR count). The molecule has 310 valence electrons.